The van der Waals surface area contributed by atoms with E-state index >= 15 is 0 Å². The fourth-order valence-electron chi connectivity index (χ4n) is 3.21. The van der Waals surface area contributed by atoms with Gasteiger partial charge >= 0.3 is 12.1 Å². The van der Waals surface area contributed by atoms with Crippen molar-refractivity contribution in [2.24, 2.45) is 0 Å². The molecule has 0 bridgehead atoms. The maximum absolute atomic E-state index is 12.5. The van der Waals surface area contributed by atoms with Crippen molar-refractivity contribution in [2.45, 2.75) is 45.9 Å². The van der Waals surface area contributed by atoms with Gasteiger partial charge in [0.2, 0.25) is 0 Å². The number of benzene rings is 2. The van der Waals surface area contributed by atoms with Crippen LogP contribution in [0.1, 0.15) is 47.8 Å². The molecule has 0 fully saturated rings. The summed E-state index contributed by atoms with van der Waals surface area (Å²) in [5, 5.41) is 0. The van der Waals surface area contributed by atoms with Gasteiger partial charge in [0, 0.05) is 12.1 Å². The molecular formula is C23H27NO5. The van der Waals surface area contributed by atoms with Crippen LogP contribution in [0, 0.1) is 0 Å². The molecular weight excluding hydrogens is 370 g/mol. The Hall–Kier alpha value is -3.02. The second-order valence-corrected chi connectivity index (χ2v) is 8.03. The third-order valence-electron chi connectivity index (χ3n) is 4.61. The number of methoxy groups -OCH3 is 1. The number of hydrogen-bond donors (Lipinski definition) is 0. The lowest BCUT2D eigenvalue weighted by atomic mass is 9.96. The lowest BCUT2D eigenvalue weighted by molar-refractivity contribution is 0.0221. The van der Waals surface area contributed by atoms with Crippen molar-refractivity contribution in [3.8, 4) is 5.75 Å². The minimum absolute atomic E-state index is 0.353. The molecule has 6 nitrogen and oxygen atoms in total. The smallest absolute Gasteiger partial charge is 0.410 e. The van der Waals surface area contributed by atoms with Crippen LogP contribution < -0.4 is 4.74 Å². The van der Waals surface area contributed by atoms with Crippen LogP contribution in [0.3, 0.4) is 0 Å². The van der Waals surface area contributed by atoms with Gasteiger partial charge in [0.05, 0.1) is 19.2 Å². The van der Waals surface area contributed by atoms with Crippen molar-refractivity contribution < 1.29 is 23.8 Å². The molecule has 6 heteroatoms. The first-order valence-electron chi connectivity index (χ1n) is 9.65. The Kier molecular flexibility index (Phi) is 6.11. The van der Waals surface area contributed by atoms with Crippen molar-refractivity contribution in [2.75, 3.05) is 13.7 Å². The molecule has 2 aromatic rings. The number of nitrogens with zero attached hydrogens (tertiary/aromatic N) is 1. The van der Waals surface area contributed by atoms with Crippen LogP contribution in [0.4, 0.5) is 4.79 Å². The van der Waals surface area contributed by atoms with E-state index in [1.807, 2.05) is 57.2 Å². The molecule has 0 unspecified atom stereocenters. The fourth-order valence-corrected chi connectivity index (χ4v) is 3.21. The molecule has 3 rings (SSSR count). The summed E-state index contributed by atoms with van der Waals surface area (Å²) in [5.41, 5.74) is 2.78. The summed E-state index contributed by atoms with van der Waals surface area (Å²) in [5.74, 6) is 0.173. The highest BCUT2D eigenvalue weighted by Crippen LogP contribution is 2.32. The van der Waals surface area contributed by atoms with E-state index in [0.717, 1.165) is 16.7 Å². The van der Waals surface area contributed by atoms with E-state index in [2.05, 4.69) is 0 Å². The van der Waals surface area contributed by atoms with Crippen molar-refractivity contribution in [1.82, 2.24) is 4.90 Å². The van der Waals surface area contributed by atoms with Gasteiger partial charge in [0.15, 0.2) is 0 Å². The first-order chi connectivity index (χ1) is 13.8. The van der Waals surface area contributed by atoms with E-state index < -0.39 is 11.6 Å². The summed E-state index contributed by atoms with van der Waals surface area (Å²) in [7, 11) is 1.36. The number of esters is 1. The van der Waals surface area contributed by atoms with Crippen LogP contribution in [0.25, 0.3) is 0 Å². The Labute approximate surface area is 171 Å². The molecule has 1 aliphatic heterocycles. The maximum Gasteiger partial charge on any atom is 0.410 e. The van der Waals surface area contributed by atoms with Crippen LogP contribution >= 0.6 is 0 Å². The second kappa shape index (κ2) is 8.55. The fraction of sp³-hybridized carbons (Fsp3) is 0.391. The Bertz CT molecular complexity index is 886. The highest BCUT2D eigenvalue weighted by atomic mass is 16.6. The standard InChI is InChI=1S/C23H27NO5/c1-23(2,3)29-22(26)24-11-10-17-12-18(21(25)27-4)13-20(19(17)14-24)28-15-16-8-6-5-7-9-16/h5-9,12-13H,10-11,14-15H2,1-4H3. The molecule has 29 heavy (non-hydrogen) atoms. The van der Waals surface area contributed by atoms with Gasteiger partial charge < -0.3 is 19.1 Å². The van der Waals surface area contributed by atoms with Crippen LogP contribution in [0.2, 0.25) is 0 Å². The van der Waals surface area contributed by atoms with E-state index in [-0.39, 0.29) is 6.09 Å². The summed E-state index contributed by atoms with van der Waals surface area (Å²) in [6, 6.07) is 13.3. The van der Waals surface area contributed by atoms with Gasteiger partial charge in [-0.05, 0) is 50.5 Å². The SMILES string of the molecule is COC(=O)c1cc2c(c(OCc3ccccc3)c1)CN(C(=O)OC(C)(C)C)CC2. The molecule has 1 heterocycles. The van der Waals surface area contributed by atoms with Crippen LogP contribution in [0.5, 0.6) is 5.75 Å². The predicted octanol–water partition coefficient (Wildman–Crippen LogP) is 4.35. The highest BCUT2D eigenvalue weighted by Gasteiger charge is 2.28. The van der Waals surface area contributed by atoms with E-state index in [1.54, 1.807) is 11.0 Å². The molecule has 0 radical (unpaired) electrons. The predicted molar refractivity (Wildman–Crippen MR) is 109 cm³/mol. The van der Waals surface area contributed by atoms with Crippen molar-refractivity contribution in [3.63, 3.8) is 0 Å². The van der Waals surface area contributed by atoms with Crippen molar-refractivity contribution >= 4 is 12.1 Å². The van der Waals surface area contributed by atoms with Crippen LogP contribution in [-0.4, -0.2) is 36.2 Å². The molecule has 0 N–H and O–H groups in total. The number of amides is 1. The van der Waals surface area contributed by atoms with Crippen LogP contribution in [0.15, 0.2) is 42.5 Å². The topological polar surface area (TPSA) is 65.1 Å². The van der Waals surface area contributed by atoms with Crippen LogP contribution in [-0.2, 0) is 29.0 Å². The number of carbonyl (C=O) groups excluding carboxylic acids is 2. The van der Waals surface area contributed by atoms with Gasteiger partial charge in [0.1, 0.15) is 18.0 Å². The normalized spacial score (nSPS) is 13.4. The van der Waals surface area contributed by atoms with E-state index in [0.29, 0.717) is 37.4 Å². The summed E-state index contributed by atoms with van der Waals surface area (Å²) in [4.78, 5) is 26.3. The zero-order valence-corrected chi connectivity index (χ0v) is 17.4. The van der Waals surface area contributed by atoms with E-state index in [1.165, 1.54) is 7.11 Å². The minimum atomic E-state index is -0.557. The van der Waals surface area contributed by atoms with Gasteiger partial charge in [0.25, 0.3) is 0 Å². The third-order valence-corrected chi connectivity index (χ3v) is 4.61. The Balaban J connectivity index is 1.87. The largest absolute Gasteiger partial charge is 0.489 e. The quantitative estimate of drug-likeness (QED) is 0.718. The number of rotatable bonds is 4. The first-order valence-corrected chi connectivity index (χ1v) is 9.65. The molecule has 0 saturated heterocycles. The molecule has 2 aromatic carbocycles. The summed E-state index contributed by atoms with van der Waals surface area (Å²) in [6.45, 7) is 6.80. The Morgan fingerprint density at radius 2 is 1.83 bits per heavy atom. The number of hydrogen-bond acceptors (Lipinski definition) is 5. The monoisotopic (exact) mass is 397 g/mol. The second-order valence-electron chi connectivity index (χ2n) is 8.03. The van der Waals surface area contributed by atoms with Gasteiger partial charge in [-0.15, -0.1) is 0 Å². The lowest BCUT2D eigenvalue weighted by Crippen LogP contribution is -2.40. The van der Waals surface area contributed by atoms with Gasteiger partial charge in [-0.3, -0.25) is 0 Å². The van der Waals surface area contributed by atoms with E-state index in [9.17, 15) is 9.59 Å². The third kappa shape index (κ3) is 5.28. The van der Waals surface area contributed by atoms with Crippen molar-refractivity contribution in [1.29, 1.82) is 0 Å². The summed E-state index contributed by atoms with van der Waals surface area (Å²) < 4.78 is 16.5. The number of ether oxygens (including phenoxy) is 3. The molecule has 1 amide bonds. The number of fused-ring (bicyclic) bond motifs is 1. The minimum Gasteiger partial charge on any atom is -0.489 e. The zero-order chi connectivity index (χ0) is 21.0. The highest BCUT2D eigenvalue weighted by molar-refractivity contribution is 5.90. The Morgan fingerprint density at radius 1 is 1.10 bits per heavy atom. The molecule has 0 aliphatic carbocycles. The molecule has 0 atom stereocenters. The molecule has 1 aliphatic rings. The van der Waals surface area contributed by atoms with Gasteiger partial charge in [-0.25, -0.2) is 9.59 Å². The molecule has 0 aromatic heterocycles. The van der Waals surface area contributed by atoms with Crippen molar-refractivity contribution in [3.05, 3.63) is 64.7 Å². The van der Waals surface area contributed by atoms with Gasteiger partial charge in [-0.2, -0.15) is 0 Å². The first kappa shape index (κ1) is 20.7. The average molecular weight is 397 g/mol. The Morgan fingerprint density at radius 3 is 2.48 bits per heavy atom. The average Bonchev–Trinajstić information content (AvgIpc) is 2.70. The van der Waals surface area contributed by atoms with Gasteiger partial charge in [-0.1, -0.05) is 30.3 Å². The molecule has 0 spiro atoms. The maximum atomic E-state index is 12.5. The molecule has 0 saturated carbocycles. The van der Waals surface area contributed by atoms with E-state index in [4.69, 9.17) is 14.2 Å². The summed E-state index contributed by atoms with van der Waals surface area (Å²) in [6.07, 6.45) is 0.260. The lowest BCUT2D eigenvalue weighted by Gasteiger charge is -2.32. The number of carbonyl (C=O) groups is 2. The summed E-state index contributed by atoms with van der Waals surface area (Å²) >= 11 is 0. The zero-order valence-electron chi connectivity index (χ0n) is 17.4. The molecule has 154 valence electrons.